The van der Waals surface area contributed by atoms with Crippen LogP contribution in [-0.2, 0) is 0 Å². The Balaban J connectivity index is 2.61. The lowest BCUT2D eigenvalue weighted by atomic mass is 10.2. The third-order valence-corrected chi connectivity index (χ3v) is 2.02. The van der Waals surface area contributed by atoms with Gasteiger partial charge in [-0.3, -0.25) is 0 Å². The van der Waals surface area contributed by atoms with Gasteiger partial charge in [-0.05, 0) is 13.0 Å². The van der Waals surface area contributed by atoms with Gasteiger partial charge in [-0.2, -0.15) is 9.89 Å². The van der Waals surface area contributed by atoms with E-state index in [1.165, 1.54) is 0 Å². The van der Waals surface area contributed by atoms with Crippen molar-refractivity contribution in [2.24, 2.45) is 0 Å². The molecule has 0 radical (unpaired) electrons. The van der Waals surface area contributed by atoms with Crippen LogP contribution in [0.4, 0.5) is 5.69 Å². The maximum atomic E-state index is 9.43. The molecule has 0 saturated carbocycles. The summed E-state index contributed by atoms with van der Waals surface area (Å²) in [6.07, 6.45) is 1.70. The van der Waals surface area contributed by atoms with E-state index in [1.54, 1.807) is 23.1 Å². The summed E-state index contributed by atoms with van der Waals surface area (Å²) in [7, 11) is 0. The summed E-state index contributed by atoms with van der Waals surface area (Å²) in [5.41, 5.74) is 9.78. The Kier molecular flexibility index (Phi) is 1.92. The third kappa shape index (κ3) is 1.22. The van der Waals surface area contributed by atoms with Gasteiger partial charge in [0.15, 0.2) is 0 Å². The molecule has 1 heterocycles. The van der Waals surface area contributed by atoms with Gasteiger partial charge in [0, 0.05) is 18.0 Å². The normalized spacial score (nSPS) is 10.6. The number of hydrogen-bond acceptors (Lipinski definition) is 4. The number of anilines is 1. The van der Waals surface area contributed by atoms with Crippen molar-refractivity contribution in [3.05, 3.63) is 18.3 Å². The highest BCUT2D eigenvalue weighted by Gasteiger charge is 2.05. The molecule has 1 aromatic heterocycles. The Morgan fingerprint density at radius 1 is 1.57 bits per heavy atom. The number of aromatic nitrogens is 2. The summed E-state index contributed by atoms with van der Waals surface area (Å²) in [6.45, 7) is 2.74. The van der Waals surface area contributed by atoms with Gasteiger partial charge in [0.2, 0.25) is 0 Å². The van der Waals surface area contributed by atoms with E-state index >= 15 is 0 Å². The van der Waals surface area contributed by atoms with Crippen LogP contribution in [0.15, 0.2) is 18.3 Å². The predicted octanol–water partition coefficient (Wildman–Crippen LogP) is 0.887. The Morgan fingerprint density at radius 2 is 2.36 bits per heavy atom. The van der Waals surface area contributed by atoms with Gasteiger partial charge in [0.1, 0.15) is 5.75 Å². The topological polar surface area (TPSA) is 76.1 Å². The maximum Gasteiger partial charge on any atom is 0.140 e. The number of rotatable bonds is 2. The van der Waals surface area contributed by atoms with Gasteiger partial charge in [-0.15, -0.1) is 0 Å². The minimum atomic E-state index is 0.0807. The highest BCUT2D eigenvalue weighted by Crippen LogP contribution is 2.25. The molecular weight excluding hydrogens is 180 g/mol. The fourth-order valence-corrected chi connectivity index (χ4v) is 1.36. The fourth-order valence-electron chi connectivity index (χ4n) is 1.36. The molecule has 5 heteroatoms. The van der Waals surface area contributed by atoms with Gasteiger partial charge in [-0.1, -0.05) is 0 Å². The average molecular weight is 192 g/mol. The molecule has 0 bridgehead atoms. The van der Waals surface area contributed by atoms with Gasteiger partial charge < -0.3 is 16.3 Å². The highest BCUT2D eigenvalue weighted by molar-refractivity contribution is 5.85. The van der Waals surface area contributed by atoms with E-state index < -0.39 is 0 Å². The van der Waals surface area contributed by atoms with E-state index in [0.29, 0.717) is 5.69 Å². The van der Waals surface area contributed by atoms with Crippen LogP contribution >= 0.6 is 0 Å². The zero-order chi connectivity index (χ0) is 10.1. The van der Waals surface area contributed by atoms with Crippen molar-refractivity contribution in [1.29, 1.82) is 0 Å². The largest absolute Gasteiger partial charge is 0.506 e. The molecule has 0 atom stereocenters. The molecule has 14 heavy (non-hydrogen) atoms. The second-order valence-electron chi connectivity index (χ2n) is 3.04. The lowest BCUT2D eigenvalue weighted by Crippen LogP contribution is -2.14. The minimum Gasteiger partial charge on any atom is -0.506 e. The van der Waals surface area contributed by atoms with Crippen molar-refractivity contribution < 1.29 is 5.11 Å². The van der Waals surface area contributed by atoms with Crippen molar-refractivity contribution in [3.63, 3.8) is 0 Å². The average Bonchev–Trinajstić information content (AvgIpc) is 2.51. The van der Waals surface area contributed by atoms with Crippen LogP contribution in [0, 0.1) is 0 Å². The Bertz CT molecular complexity index is 463. The summed E-state index contributed by atoms with van der Waals surface area (Å²) in [6, 6.07) is 3.30. The van der Waals surface area contributed by atoms with Crippen molar-refractivity contribution in [2.45, 2.75) is 6.92 Å². The van der Waals surface area contributed by atoms with E-state index in [9.17, 15) is 5.11 Å². The fraction of sp³-hybridized carbons (Fsp3) is 0.222. The van der Waals surface area contributed by atoms with E-state index in [4.69, 9.17) is 5.73 Å². The number of nitrogens with two attached hydrogens (primary N) is 1. The van der Waals surface area contributed by atoms with E-state index in [1.807, 2.05) is 6.92 Å². The van der Waals surface area contributed by atoms with E-state index in [2.05, 4.69) is 10.5 Å². The lowest BCUT2D eigenvalue weighted by Gasteiger charge is -2.04. The molecule has 0 aliphatic rings. The number of aromatic hydroxyl groups is 1. The number of nitrogen functional groups attached to an aromatic ring is 1. The van der Waals surface area contributed by atoms with Crippen LogP contribution in [0.25, 0.3) is 10.9 Å². The number of nitrogens with zero attached hydrogens (tertiary/aromatic N) is 2. The maximum absolute atomic E-state index is 9.43. The zero-order valence-corrected chi connectivity index (χ0v) is 7.86. The van der Waals surface area contributed by atoms with Crippen molar-refractivity contribution in [1.82, 2.24) is 9.89 Å². The minimum absolute atomic E-state index is 0.0807. The van der Waals surface area contributed by atoms with Crippen LogP contribution in [0.2, 0.25) is 0 Å². The van der Waals surface area contributed by atoms with Crippen LogP contribution in [0.1, 0.15) is 6.92 Å². The molecule has 0 aliphatic heterocycles. The standard InChI is InChI=1S/C9H12N4O/c1-2-11-13-8-4-9(14)7(10)3-6(8)5-12-13/h3-5,11,14H,2,10H2,1H3. The van der Waals surface area contributed by atoms with Crippen LogP contribution in [0.5, 0.6) is 5.75 Å². The summed E-state index contributed by atoms with van der Waals surface area (Å²) >= 11 is 0. The van der Waals surface area contributed by atoms with Gasteiger partial charge >= 0.3 is 0 Å². The SMILES string of the molecule is CCNn1ncc2cc(N)c(O)cc21. The van der Waals surface area contributed by atoms with E-state index in [0.717, 1.165) is 17.4 Å². The molecule has 0 spiro atoms. The Labute approximate surface area is 81.1 Å². The summed E-state index contributed by atoms with van der Waals surface area (Å²) < 4.78 is 0. The second-order valence-corrected chi connectivity index (χ2v) is 3.04. The van der Waals surface area contributed by atoms with Crippen LogP contribution < -0.4 is 11.2 Å². The molecule has 4 N–H and O–H groups in total. The third-order valence-electron chi connectivity index (χ3n) is 2.02. The molecule has 2 aromatic rings. The van der Waals surface area contributed by atoms with E-state index in [-0.39, 0.29) is 5.75 Å². The quantitative estimate of drug-likeness (QED) is 0.488. The smallest absolute Gasteiger partial charge is 0.140 e. The van der Waals surface area contributed by atoms with Gasteiger partial charge in [0.05, 0.1) is 17.4 Å². The zero-order valence-electron chi connectivity index (χ0n) is 7.86. The number of fused-ring (bicyclic) bond motifs is 1. The molecular formula is C9H12N4O. The molecule has 0 fully saturated rings. The summed E-state index contributed by atoms with van der Waals surface area (Å²) in [5.74, 6) is 0.0807. The van der Waals surface area contributed by atoms with Crippen LogP contribution in [0.3, 0.4) is 0 Å². The Hall–Kier alpha value is -1.91. The molecule has 5 nitrogen and oxygen atoms in total. The molecule has 0 amide bonds. The number of phenols is 1. The first kappa shape index (κ1) is 8.68. The van der Waals surface area contributed by atoms with Crippen LogP contribution in [-0.4, -0.2) is 21.5 Å². The van der Waals surface area contributed by atoms with Crippen molar-refractivity contribution >= 4 is 16.6 Å². The predicted molar refractivity (Wildman–Crippen MR) is 55.7 cm³/mol. The van der Waals surface area contributed by atoms with Gasteiger partial charge in [0.25, 0.3) is 0 Å². The van der Waals surface area contributed by atoms with Gasteiger partial charge in [-0.25, -0.2) is 0 Å². The lowest BCUT2D eigenvalue weighted by molar-refractivity contribution is 0.478. The molecule has 1 aromatic carbocycles. The first-order valence-corrected chi connectivity index (χ1v) is 4.42. The molecule has 0 saturated heterocycles. The van der Waals surface area contributed by atoms with Crippen molar-refractivity contribution in [3.8, 4) is 5.75 Å². The molecule has 74 valence electrons. The number of hydrogen-bond donors (Lipinski definition) is 3. The molecule has 0 aliphatic carbocycles. The first-order valence-electron chi connectivity index (χ1n) is 4.42. The Morgan fingerprint density at radius 3 is 3.07 bits per heavy atom. The molecule has 2 rings (SSSR count). The summed E-state index contributed by atoms with van der Waals surface area (Å²) in [5, 5.41) is 14.4. The summed E-state index contributed by atoms with van der Waals surface area (Å²) in [4.78, 5) is 1.62. The second kappa shape index (κ2) is 3.10. The number of phenolic OH excluding ortho intramolecular Hbond substituents is 1. The van der Waals surface area contributed by atoms with Crippen molar-refractivity contribution in [2.75, 3.05) is 17.7 Å². The molecule has 0 unspecified atom stereocenters. The first-order chi connectivity index (χ1) is 6.72. The number of nitrogens with one attached hydrogen (secondary N) is 1. The number of benzene rings is 1. The monoisotopic (exact) mass is 192 g/mol. The highest BCUT2D eigenvalue weighted by atomic mass is 16.3.